The highest BCUT2D eigenvalue weighted by Gasteiger charge is 2.10. The fraction of sp³-hybridized carbons (Fsp3) is 0.263. The van der Waals surface area contributed by atoms with E-state index >= 15 is 0 Å². The number of nitrogens with zero attached hydrogens (tertiary/aromatic N) is 3. The molecule has 25 heavy (non-hydrogen) atoms. The minimum absolute atomic E-state index is 0.370. The lowest BCUT2D eigenvalue weighted by Crippen LogP contribution is -2.04. The van der Waals surface area contributed by atoms with E-state index in [1.807, 2.05) is 23.7 Å². The van der Waals surface area contributed by atoms with Gasteiger partial charge in [-0.1, -0.05) is 52.7 Å². The van der Waals surface area contributed by atoms with Crippen molar-refractivity contribution in [2.24, 2.45) is 7.05 Å². The zero-order valence-electron chi connectivity index (χ0n) is 14.5. The highest BCUT2D eigenvalue weighted by atomic mass is 35.5. The van der Waals surface area contributed by atoms with Crippen LogP contribution in [0, 0.1) is 13.8 Å². The molecule has 2 aromatic carbocycles. The Labute approximate surface area is 157 Å². The maximum atomic E-state index is 5.88. The van der Waals surface area contributed by atoms with Crippen LogP contribution >= 0.6 is 23.4 Å². The molecule has 0 amide bonds. The number of ether oxygens (including phenoxy) is 1. The Morgan fingerprint density at radius 2 is 1.72 bits per heavy atom. The van der Waals surface area contributed by atoms with Crippen LogP contribution in [0.1, 0.15) is 22.5 Å². The predicted octanol–water partition coefficient (Wildman–Crippen LogP) is 4.96. The SMILES string of the molecule is Cc1cc(C)cc(CSc2nnc(COc3ccc(Cl)cc3)n2C)c1. The lowest BCUT2D eigenvalue weighted by Gasteiger charge is -2.07. The Kier molecular flexibility index (Phi) is 5.66. The van der Waals surface area contributed by atoms with Gasteiger partial charge in [0, 0.05) is 17.8 Å². The molecule has 0 N–H and O–H groups in total. The summed E-state index contributed by atoms with van der Waals surface area (Å²) in [4.78, 5) is 0. The van der Waals surface area contributed by atoms with E-state index in [4.69, 9.17) is 16.3 Å². The van der Waals surface area contributed by atoms with Crippen LogP contribution in [0.15, 0.2) is 47.6 Å². The molecule has 0 radical (unpaired) electrons. The first-order valence-electron chi connectivity index (χ1n) is 7.98. The van der Waals surface area contributed by atoms with Crippen LogP contribution in [0.25, 0.3) is 0 Å². The zero-order valence-corrected chi connectivity index (χ0v) is 16.1. The highest BCUT2D eigenvalue weighted by Crippen LogP contribution is 2.23. The second kappa shape index (κ2) is 7.93. The number of aromatic nitrogens is 3. The van der Waals surface area contributed by atoms with Gasteiger partial charge >= 0.3 is 0 Å². The van der Waals surface area contributed by atoms with Crippen LogP contribution in [0.5, 0.6) is 5.75 Å². The summed E-state index contributed by atoms with van der Waals surface area (Å²) in [6.45, 7) is 4.61. The monoisotopic (exact) mass is 373 g/mol. The van der Waals surface area contributed by atoms with Crippen molar-refractivity contribution >= 4 is 23.4 Å². The van der Waals surface area contributed by atoms with E-state index < -0.39 is 0 Å². The van der Waals surface area contributed by atoms with Gasteiger partial charge in [-0.25, -0.2) is 0 Å². The standard InChI is InChI=1S/C19H20ClN3OS/c1-13-8-14(2)10-15(9-13)12-25-19-22-21-18(23(19)3)11-24-17-6-4-16(20)5-7-17/h4-10H,11-12H2,1-3H3. The molecular formula is C19H20ClN3OS. The van der Waals surface area contributed by atoms with E-state index in [-0.39, 0.29) is 0 Å². The fourth-order valence-electron chi connectivity index (χ4n) is 2.58. The molecule has 0 aliphatic rings. The van der Waals surface area contributed by atoms with Gasteiger partial charge < -0.3 is 9.30 Å². The van der Waals surface area contributed by atoms with Crippen molar-refractivity contribution in [1.29, 1.82) is 0 Å². The minimum atomic E-state index is 0.370. The molecule has 6 heteroatoms. The number of rotatable bonds is 6. The number of hydrogen-bond donors (Lipinski definition) is 0. The summed E-state index contributed by atoms with van der Waals surface area (Å²) in [5, 5.41) is 10.1. The second-order valence-corrected chi connectivity index (χ2v) is 7.36. The molecule has 1 heterocycles. The van der Waals surface area contributed by atoms with E-state index in [0.29, 0.717) is 11.6 Å². The Hall–Kier alpha value is -1.98. The third kappa shape index (κ3) is 4.77. The summed E-state index contributed by atoms with van der Waals surface area (Å²) >= 11 is 7.56. The Morgan fingerprint density at radius 1 is 1.04 bits per heavy atom. The molecule has 0 atom stereocenters. The molecule has 0 bridgehead atoms. The van der Waals surface area contributed by atoms with E-state index in [1.165, 1.54) is 16.7 Å². The number of aryl methyl sites for hydroxylation is 2. The summed E-state index contributed by atoms with van der Waals surface area (Å²) < 4.78 is 7.72. The topological polar surface area (TPSA) is 39.9 Å². The predicted molar refractivity (Wildman–Crippen MR) is 102 cm³/mol. The van der Waals surface area contributed by atoms with Crippen molar-refractivity contribution in [3.8, 4) is 5.75 Å². The van der Waals surface area contributed by atoms with Gasteiger partial charge in [0.15, 0.2) is 11.0 Å². The van der Waals surface area contributed by atoms with Crippen molar-refractivity contribution in [1.82, 2.24) is 14.8 Å². The molecular weight excluding hydrogens is 354 g/mol. The van der Waals surface area contributed by atoms with Crippen molar-refractivity contribution in [3.63, 3.8) is 0 Å². The molecule has 4 nitrogen and oxygen atoms in total. The molecule has 0 saturated heterocycles. The van der Waals surface area contributed by atoms with Crippen LogP contribution in [-0.4, -0.2) is 14.8 Å². The number of halogens is 1. The normalized spacial score (nSPS) is 10.9. The van der Waals surface area contributed by atoms with Crippen LogP contribution < -0.4 is 4.74 Å². The van der Waals surface area contributed by atoms with Gasteiger partial charge in [-0.3, -0.25) is 0 Å². The molecule has 0 aliphatic carbocycles. The molecule has 0 fully saturated rings. The van der Waals surface area contributed by atoms with Crippen LogP contribution in [0.4, 0.5) is 0 Å². The Bertz CT molecular complexity index is 841. The van der Waals surface area contributed by atoms with Gasteiger partial charge in [0.25, 0.3) is 0 Å². The van der Waals surface area contributed by atoms with Crippen molar-refractivity contribution in [2.45, 2.75) is 31.4 Å². The third-order valence-corrected chi connectivity index (χ3v) is 5.10. The van der Waals surface area contributed by atoms with Gasteiger partial charge in [-0.2, -0.15) is 0 Å². The zero-order chi connectivity index (χ0) is 17.8. The van der Waals surface area contributed by atoms with Gasteiger partial charge in [0.1, 0.15) is 12.4 Å². The average molecular weight is 374 g/mol. The molecule has 0 spiro atoms. The molecule has 130 valence electrons. The van der Waals surface area contributed by atoms with Crippen LogP contribution in [0.2, 0.25) is 5.02 Å². The summed E-state index contributed by atoms with van der Waals surface area (Å²) in [7, 11) is 1.96. The summed E-state index contributed by atoms with van der Waals surface area (Å²) in [5.74, 6) is 2.42. The Balaban J connectivity index is 1.61. The van der Waals surface area contributed by atoms with Crippen molar-refractivity contribution in [2.75, 3.05) is 0 Å². The Morgan fingerprint density at radius 3 is 2.40 bits per heavy atom. The first-order chi connectivity index (χ1) is 12.0. The first-order valence-corrected chi connectivity index (χ1v) is 9.34. The second-order valence-electron chi connectivity index (χ2n) is 5.99. The summed E-state index contributed by atoms with van der Waals surface area (Å²) in [6.07, 6.45) is 0. The third-order valence-electron chi connectivity index (χ3n) is 3.76. The number of thioether (sulfide) groups is 1. The highest BCUT2D eigenvalue weighted by molar-refractivity contribution is 7.98. The van der Waals surface area contributed by atoms with Gasteiger partial charge in [-0.05, 0) is 43.7 Å². The van der Waals surface area contributed by atoms with Gasteiger partial charge in [-0.15, -0.1) is 10.2 Å². The minimum Gasteiger partial charge on any atom is -0.486 e. The molecule has 1 aromatic heterocycles. The van der Waals surface area contributed by atoms with Gasteiger partial charge in [0.2, 0.25) is 0 Å². The number of benzene rings is 2. The van der Waals surface area contributed by atoms with Crippen LogP contribution in [-0.2, 0) is 19.4 Å². The van der Waals surface area contributed by atoms with Crippen molar-refractivity contribution in [3.05, 3.63) is 70.0 Å². The molecule has 0 saturated carbocycles. The molecule has 0 aliphatic heterocycles. The lowest BCUT2D eigenvalue weighted by molar-refractivity contribution is 0.290. The van der Waals surface area contributed by atoms with Crippen molar-refractivity contribution < 1.29 is 4.74 Å². The summed E-state index contributed by atoms with van der Waals surface area (Å²) in [5.41, 5.74) is 3.86. The smallest absolute Gasteiger partial charge is 0.191 e. The fourth-order valence-corrected chi connectivity index (χ4v) is 3.56. The first kappa shape index (κ1) is 17.8. The quantitative estimate of drug-likeness (QED) is 0.573. The van der Waals surface area contributed by atoms with E-state index in [0.717, 1.165) is 22.5 Å². The van der Waals surface area contributed by atoms with E-state index in [1.54, 1.807) is 23.9 Å². The van der Waals surface area contributed by atoms with E-state index in [9.17, 15) is 0 Å². The van der Waals surface area contributed by atoms with E-state index in [2.05, 4.69) is 42.2 Å². The molecule has 3 rings (SSSR count). The van der Waals surface area contributed by atoms with Gasteiger partial charge in [0.05, 0.1) is 0 Å². The average Bonchev–Trinajstić information content (AvgIpc) is 2.92. The molecule has 3 aromatic rings. The summed E-state index contributed by atoms with van der Waals surface area (Å²) in [6, 6.07) is 13.9. The number of hydrogen-bond acceptors (Lipinski definition) is 4. The largest absolute Gasteiger partial charge is 0.486 e. The lowest BCUT2D eigenvalue weighted by atomic mass is 10.1. The van der Waals surface area contributed by atoms with Crippen LogP contribution in [0.3, 0.4) is 0 Å². The maximum Gasteiger partial charge on any atom is 0.191 e. The maximum absolute atomic E-state index is 5.88. The molecule has 0 unspecified atom stereocenters.